The number of thiocarbonyl (C=S) groups is 1. The van der Waals surface area contributed by atoms with E-state index in [2.05, 4.69) is 4.98 Å². The number of carbonyl (C=O) groups excluding carboxylic acids is 2. The average molecular weight is 459 g/mol. The number of rotatable bonds is 9. The van der Waals surface area contributed by atoms with Crippen LogP contribution < -0.4 is 0 Å². The highest BCUT2D eigenvalue weighted by molar-refractivity contribution is 8.26. The zero-order valence-corrected chi connectivity index (χ0v) is 18.3. The number of ketones is 1. The monoisotopic (exact) mass is 458 g/mol. The van der Waals surface area contributed by atoms with Gasteiger partial charge in [0.1, 0.15) is 9.35 Å². The van der Waals surface area contributed by atoms with Gasteiger partial charge in [-0.15, -0.1) is 0 Å². The summed E-state index contributed by atoms with van der Waals surface area (Å²) < 4.78 is 0.411. The molecule has 1 amide bonds. The molecule has 2 aromatic rings. The van der Waals surface area contributed by atoms with Crippen LogP contribution in [0.3, 0.4) is 0 Å². The van der Waals surface area contributed by atoms with Gasteiger partial charge in [-0.1, -0.05) is 72.1 Å². The van der Waals surface area contributed by atoms with Crippen LogP contribution in [-0.4, -0.2) is 49.3 Å². The third-order valence-electron chi connectivity index (χ3n) is 4.17. The molecule has 1 aliphatic rings. The van der Waals surface area contributed by atoms with E-state index in [1.165, 1.54) is 28.4 Å². The van der Waals surface area contributed by atoms with Gasteiger partial charge in [0, 0.05) is 30.3 Å². The lowest BCUT2D eigenvalue weighted by molar-refractivity contribution is -0.137. The highest BCUT2D eigenvalue weighted by Crippen LogP contribution is 2.34. The van der Waals surface area contributed by atoms with E-state index in [0.29, 0.717) is 26.2 Å². The molecular formula is C21H18N2O4S3. The summed E-state index contributed by atoms with van der Waals surface area (Å²) in [6.45, 7) is 0.272. The Morgan fingerprint density at radius 2 is 1.97 bits per heavy atom. The first-order valence-electron chi connectivity index (χ1n) is 9.09. The molecule has 9 heteroatoms. The van der Waals surface area contributed by atoms with Crippen molar-refractivity contribution in [3.8, 4) is 0 Å². The highest BCUT2D eigenvalue weighted by atomic mass is 32.2. The Kier molecular flexibility index (Phi) is 7.78. The summed E-state index contributed by atoms with van der Waals surface area (Å²) in [6, 6.07) is 12.7. The van der Waals surface area contributed by atoms with Crippen LogP contribution in [0.5, 0.6) is 0 Å². The van der Waals surface area contributed by atoms with Gasteiger partial charge in [0.2, 0.25) is 0 Å². The Bertz CT molecular complexity index is 1010. The fourth-order valence-electron chi connectivity index (χ4n) is 2.70. The molecule has 0 spiro atoms. The van der Waals surface area contributed by atoms with Gasteiger partial charge >= 0.3 is 5.97 Å². The van der Waals surface area contributed by atoms with Gasteiger partial charge in [0.05, 0.1) is 10.7 Å². The fourth-order valence-corrected chi connectivity index (χ4v) is 4.86. The third kappa shape index (κ3) is 5.78. The zero-order chi connectivity index (χ0) is 21.5. The molecule has 1 fully saturated rings. The van der Waals surface area contributed by atoms with Crippen molar-refractivity contribution < 1.29 is 19.5 Å². The summed E-state index contributed by atoms with van der Waals surface area (Å²) in [5.41, 5.74) is 1.37. The predicted molar refractivity (Wildman–Crippen MR) is 122 cm³/mol. The van der Waals surface area contributed by atoms with Crippen LogP contribution in [0.4, 0.5) is 0 Å². The lowest BCUT2D eigenvalue weighted by Crippen LogP contribution is -2.29. The third-order valence-corrected chi connectivity index (χ3v) is 6.57. The van der Waals surface area contributed by atoms with Crippen molar-refractivity contribution in [2.45, 2.75) is 17.9 Å². The number of benzene rings is 1. The van der Waals surface area contributed by atoms with E-state index in [-0.39, 0.29) is 30.4 Å². The van der Waals surface area contributed by atoms with Gasteiger partial charge in [0.25, 0.3) is 5.91 Å². The molecule has 30 heavy (non-hydrogen) atoms. The maximum Gasteiger partial charge on any atom is 0.303 e. The van der Waals surface area contributed by atoms with Crippen LogP contribution in [0.25, 0.3) is 6.08 Å². The Hall–Kier alpha value is -2.49. The standard InChI is InChI=1S/C21H18N2O4S3/c24-16(14-6-2-1-3-7-14)13-29-19-15(8-4-10-22-19)12-17-20(27)23(21(28)30-17)11-5-9-18(25)26/h1-4,6-8,10,12H,5,9,11,13H2,(H,25,26)/b17-12-. The molecule has 0 radical (unpaired) electrons. The Labute approximate surface area is 187 Å². The zero-order valence-electron chi connectivity index (χ0n) is 15.8. The maximum absolute atomic E-state index is 12.7. The van der Waals surface area contributed by atoms with Gasteiger partial charge in [-0.05, 0) is 18.6 Å². The molecule has 0 bridgehead atoms. The summed E-state index contributed by atoms with van der Waals surface area (Å²) in [4.78, 5) is 42.0. The van der Waals surface area contributed by atoms with Crippen LogP contribution in [0.2, 0.25) is 0 Å². The average Bonchev–Trinajstić information content (AvgIpc) is 3.00. The van der Waals surface area contributed by atoms with Crippen LogP contribution in [0.1, 0.15) is 28.8 Å². The number of aliphatic carboxylic acids is 1. The molecule has 1 saturated heterocycles. The van der Waals surface area contributed by atoms with Crippen molar-refractivity contribution in [3.63, 3.8) is 0 Å². The summed E-state index contributed by atoms with van der Waals surface area (Å²) in [5.74, 6) is -0.909. The van der Waals surface area contributed by atoms with Gasteiger partial charge in [-0.2, -0.15) is 0 Å². The lowest BCUT2D eigenvalue weighted by Gasteiger charge is -2.13. The first-order valence-corrected chi connectivity index (χ1v) is 11.3. The van der Waals surface area contributed by atoms with E-state index >= 15 is 0 Å². The number of amides is 1. The van der Waals surface area contributed by atoms with E-state index in [4.69, 9.17) is 17.3 Å². The van der Waals surface area contributed by atoms with E-state index in [0.717, 1.165) is 5.56 Å². The quantitative estimate of drug-likeness (QED) is 0.260. The Balaban J connectivity index is 1.70. The largest absolute Gasteiger partial charge is 0.481 e. The normalized spacial score (nSPS) is 15.1. The topological polar surface area (TPSA) is 87.6 Å². The van der Waals surface area contributed by atoms with E-state index in [9.17, 15) is 14.4 Å². The minimum Gasteiger partial charge on any atom is -0.481 e. The minimum absolute atomic E-state index is 0.00181. The molecule has 1 N–H and O–H groups in total. The number of carbonyl (C=O) groups is 3. The van der Waals surface area contributed by atoms with Gasteiger partial charge in [0.15, 0.2) is 5.78 Å². The molecule has 1 aromatic heterocycles. The number of aromatic nitrogens is 1. The summed E-state index contributed by atoms with van der Waals surface area (Å²) in [6.07, 6.45) is 3.68. The molecule has 1 aliphatic heterocycles. The van der Waals surface area contributed by atoms with Gasteiger partial charge < -0.3 is 5.11 Å². The number of thioether (sulfide) groups is 2. The summed E-state index contributed by atoms with van der Waals surface area (Å²) in [5, 5.41) is 9.42. The first-order chi connectivity index (χ1) is 14.5. The smallest absolute Gasteiger partial charge is 0.303 e. The second-order valence-corrected chi connectivity index (χ2v) is 8.95. The van der Waals surface area contributed by atoms with Crippen molar-refractivity contribution >= 4 is 63.8 Å². The molecule has 1 aromatic carbocycles. The lowest BCUT2D eigenvalue weighted by atomic mass is 10.2. The number of hydrogen-bond acceptors (Lipinski definition) is 7. The summed E-state index contributed by atoms with van der Waals surface area (Å²) in [7, 11) is 0. The molecule has 6 nitrogen and oxygen atoms in total. The molecule has 0 unspecified atom stereocenters. The van der Waals surface area contributed by atoms with Crippen molar-refractivity contribution in [1.29, 1.82) is 0 Å². The second kappa shape index (κ2) is 10.5. The van der Waals surface area contributed by atoms with Crippen molar-refractivity contribution in [1.82, 2.24) is 9.88 Å². The number of Topliss-reactive ketones (excluding diaryl/α,β-unsaturated/α-hetero) is 1. The van der Waals surface area contributed by atoms with Crippen LogP contribution in [0, 0.1) is 0 Å². The molecule has 3 rings (SSSR count). The minimum atomic E-state index is -0.905. The number of carboxylic acid groups (broad SMARTS) is 1. The van der Waals surface area contributed by atoms with E-state index in [1.54, 1.807) is 30.5 Å². The van der Waals surface area contributed by atoms with E-state index in [1.807, 2.05) is 24.3 Å². The second-order valence-electron chi connectivity index (χ2n) is 6.31. The number of carboxylic acids is 1. The first kappa shape index (κ1) is 22.2. The number of pyridine rings is 1. The van der Waals surface area contributed by atoms with Crippen molar-refractivity contribution in [2.24, 2.45) is 0 Å². The molecule has 0 atom stereocenters. The Morgan fingerprint density at radius 1 is 1.20 bits per heavy atom. The SMILES string of the molecule is O=C(O)CCCN1C(=O)/C(=C/c2cccnc2SCC(=O)c2ccccc2)SC1=S. The molecule has 0 aliphatic carbocycles. The molecule has 154 valence electrons. The van der Waals surface area contributed by atoms with Gasteiger partial charge in [-0.3, -0.25) is 19.3 Å². The molecule has 2 heterocycles. The predicted octanol–water partition coefficient (Wildman–Crippen LogP) is 4.12. The Morgan fingerprint density at radius 3 is 2.70 bits per heavy atom. The molecular weight excluding hydrogens is 440 g/mol. The molecule has 0 saturated carbocycles. The van der Waals surface area contributed by atoms with Crippen molar-refractivity contribution in [2.75, 3.05) is 12.3 Å². The van der Waals surface area contributed by atoms with Crippen molar-refractivity contribution in [3.05, 3.63) is 64.7 Å². The fraction of sp³-hybridized carbons (Fsp3) is 0.190. The van der Waals surface area contributed by atoms with E-state index < -0.39 is 5.97 Å². The van der Waals surface area contributed by atoms with Crippen LogP contribution in [0.15, 0.2) is 58.6 Å². The number of hydrogen-bond donors (Lipinski definition) is 1. The summed E-state index contributed by atoms with van der Waals surface area (Å²) >= 11 is 7.78. The highest BCUT2D eigenvalue weighted by Gasteiger charge is 2.31. The van der Waals surface area contributed by atoms with Crippen LogP contribution >= 0.6 is 35.7 Å². The van der Waals surface area contributed by atoms with Gasteiger partial charge in [-0.25, -0.2) is 4.98 Å². The number of nitrogens with zero attached hydrogens (tertiary/aromatic N) is 2. The van der Waals surface area contributed by atoms with Crippen LogP contribution in [-0.2, 0) is 9.59 Å². The maximum atomic E-state index is 12.7.